The van der Waals surface area contributed by atoms with Crippen molar-refractivity contribution < 1.29 is 9.53 Å². The lowest BCUT2D eigenvalue weighted by Gasteiger charge is -2.09. The summed E-state index contributed by atoms with van der Waals surface area (Å²) >= 11 is 1.53. The highest BCUT2D eigenvalue weighted by molar-refractivity contribution is 7.08. The van der Waals surface area contributed by atoms with E-state index >= 15 is 0 Å². The third kappa shape index (κ3) is 2.76. The van der Waals surface area contributed by atoms with E-state index in [9.17, 15) is 4.79 Å². The first-order valence-electron chi connectivity index (χ1n) is 5.77. The summed E-state index contributed by atoms with van der Waals surface area (Å²) in [6.45, 7) is 5.82. The minimum absolute atomic E-state index is 0.00421. The first-order valence-corrected chi connectivity index (χ1v) is 6.71. The molecular weight excluding hydrogens is 246 g/mol. The Bertz CT molecular complexity index is 560. The molecule has 0 aromatic carbocycles. The number of thiophene rings is 1. The molecule has 0 fully saturated rings. The molecule has 2 aromatic heterocycles. The highest BCUT2D eigenvalue weighted by Gasteiger charge is 2.13. The van der Waals surface area contributed by atoms with Gasteiger partial charge in [-0.1, -0.05) is 0 Å². The molecule has 2 heterocycles. The second-order valence-electron chi connectivity index (χ2n) is 4.37. The normalized spacial score (nSPS) is 10.7. The molecule has 0 saturated carbocycles. The van der Waals surface area contributed by atoms with Gasteiger partial charge in [0.15, 0.2) is 5.78 Å². The predicted molar refractivity (Wildman–Crippen MR) is 72.5 cm³/mol. The molecule has 2 aromatic rings. The van der Waals surface area contributed by atoms with Crippen molar-refractivity contribution in [3.05, 3.63) is 45.9 Å². The summed E-state index contributed by atoms with van der Waals surface area (Å²) in [5, 5.41) is 3.84. The zero-order valence-corrected chi connectivity index (χ0v) is 11.5. The number of rotatable bonds is 4. The first kappa shape index (κ1) is 12.8. The Labute approximate surface area is 110 Å². The average Bonchev–Trinajstić information content (AvgIpc) is 2.74. The summed E-state index contributed by atoms with van der Waals surface area (Å²) in [5.74, 6) is 0.624. The van der Waals surface area contributed by atoms with Gasteiger partial charge in [0.1, 0.15) is 5.75 Å². The van der Waals surface area contributed by atoms with E-state index in [1.165, 1.54) is 11.3 Å². The number of ketones is 1. The number of carbonyl (C=O) groups is 1. The Hall–Kier alpha value is -1.68. The fraction of sp³-hybridized carbons (Fsp3) is 0.286. The van der Waals surface area contributed by atoms with Gasteiger partial charge in [-0.25, -0.2) is 0 Å². The van der Waals surface area contributed by atoms with Crippen molar-refractivity contribution in [3.63, 3.8) is 0 Å². The monoisotopic (exact) mass is 261 g/mol. The lowest BCUT2D eigenvalue weighted by atomic mass is 10.1. The Morgan fingerprint density at radius 3 is 2.72 bits per heavy atom. The van der Waals surface area contributed by atoms with Gasteiger partial charge in [-0.2, -0.15) is 11.3 Å². The van der Waals surface area contributed by atoms with Crippen LogP contribution in [-0.4, -0.2) is 16.9 Å². The van der Waals surface area contributed by atoms with Gasteiger partial charge in [0.05, 0.1) is 12.3 Å². The van der Waals surface area contributed by atoms with Crippen molar-refractivity contribution in [2.75, 3.05) is 0 Å². The van der Waals surface area contributed by atoms with Gasteiger partial charge in [0.25, 0.3) is 0 Å². The molecular formula is C14H15NO2S. The second-order valence-corrected chi connectivity index (χ2v) is 5.12. The minimum atomic E-state index is -0.00421. The Morgan fingerprint density at radius 1 is 1.33 bits per heavy atom. The van der Waals surface area contributed by atoms with Crippen LogP contribution >= 0.6 is 11.3 Å². The van der Waals surface area contributed by atoms with Crippen LogP contribution in [0.4, 0.5) is 0 Å². The number of pyridine rings is 1. The summed E-state index contributed by atoms with van der Waals surface area (Å²) in [5.41, 5.74) is 2.30. The van der Waals surface area contributed by atoms with Gasteiger partial charge in [-0.05, 0) is 37.8 Å². The topological polar surface area (TPSA) is 39.2 Å². The minimum Gasteiger partial charge on any atom is -0.489 e. The third-order valence-corrected chi connectivity index (χ3v) is 3.31. The molecule has 2 rings (SSSR count). The molecule has 0 saturated heterocycles. The largest absolute Gasteiger partial charge is 0.489 e. The number of nitrogens with zero attached hydrogens (tertiary/aromatic N) is 1. The molecule has 18 heavy (non-hydrogen) atoms. The van der Waals surface area contributed by atoms with Crippen molar-refractivity contribution >= 4 is 17.1 Å². The number of ether oxygens (including phenoxy) is 1. The van der Waals surface area contributed by atoms with Crippen molar-refractivity contribution in [2.24, 2.45) is 0 Å². The third-order valence-electron chi connectivity index (χ3n) is 2.45. The van der Waals surface area contributed by atoms with Crippen LogP contribution in [0.2, 0.25) is 0 Å². The van der Waals surface area contributed by atoms with Crippen LogP contribution in [0.15, 0.2) is 29.2 Å². The zero-order valence-electron chi connectivity index (χ0n) is 10.6. The highest BCUT2D eigenvalue weighted by Crippen LogP contribution is 2.20. The number of hydrogen-bond donors (Lipinski definition) is 0. The molecule has 0 amide bonds. The lowest BCUT2D eigenvalue weighted by Crippen LogP contribution is -2.08. The maximum Gasteiger partial charge on any atom is 0.195 e. The van der Waals surface area contributed by atoms with E-state index in [0.29, 0.717) is 11.3 Å². The van der Waals surface area contributed by atoms with Crippen LogP contribution in [0, 0.1) is 6.92 Å². The van der Waals surface area contributed by atoms with E-state index in [-0.39, 0.29) is 11.9 Å². The molecule has 0 unspecified atom stereocenters. The molecule has 0 aliphatic carbocycles. The smallest absolute Gasteiger partial charge is 0.195 e. The molecule has 0 bridgehead atoms. The molecule has 0 aliphatic rings. The first-order chi connectivity index (χ1) is 8.58. The summed E-state index contributed by atoms with van der Waals surface area (Å²) in [7, 11) is 0. The maximum atomic E-state index is 12.3. The van der Waals surface area contributed by atoms with Gasteiger partial charge >= 0.3 is 0 Å². The van der Waals surface area contributed by atoms with E-state index < -0.39 is 0 Å². The molecule has 0 radical (unpaired) electrons. The van der Waals surface area contributed by atoms with Crippen LogP contribution in [-0.2, 0) is 0 Å². The van der Waals surface area contributed by atoms with Crippen LogP contribution in [0.3, 0.4) is 0 Å². The fourth-order valence-electron chi connectivity index (χ4n) is 1.63. The number of aromatic nitrogens is 1. The van der Waals surface area contributed by atoms with Gasteiger partial charge in [-0.15, -0.1) is 0 Å². The fourth-order valence-corrected chi connectivity index (χ4v) is 2.46. The molecule has 4 heteroatoms. The van der Waals surface area contributed by atoms with E-state index in [4.69, 9.17) is 4.74 Å². The van der Waals surface area contributed by atoms with E-state index in [0.717, 1.165) is 11.1 Å². The van der Waals surface area contributed by atoms with Gasteiger partial charge in [0, 0.05) is 22.7 Å². The van der Waals surface area contributed by atoms with E-state index in [2.05, 4.69) is 4.98 Å². The molecule has 3 nitrogen and oxygen atoms in total. The zero-order chi connectivity index (χ0) is 13.1. The summed E-state index contributed by atoms with van der Waals surface area (Å²) in [6, 6.07) is 1.74. The molecule has 0 aliphatic heterocycles. The van der Waals surface area contributed by atoms with Crippen molar-refractivity contribution in [1.82, 2.24) is 4.98 Å². The number of hydrogen-bond acceptors (Lipinski definition) is 4. The number of carbonyl (C=O) groups excluding carboxylic acids is 1. The predicted octanol–water partition coefficient (Wildman–Crippen LogP) is 3.47. The van der Waals surface area contributed by atoms with Crippen LogP contribution in [0.1, 0.15) is 35.3 Å². The Balaban J connectivity index is 2.29. The van der Waals surface area contributed by atoms with Gasteiger partial charge in [0.2, 0.25) is 0 Å². The maximum absolute atomic E-state index is 12.3. The lowest BCUT2D eigenvalue weighted by molar-refractivity contribution is 0.103. The van der Waals surface area contributed by atoms with Crippen molar-refractivity contribution in [3.8, 4) is 5.75 Å². The average molecular weight is 261 g/mol. The second kappa shape index (κ2) is 5.31. The summed E-state index contributed by atoms with van der Waals surface area (Å²) in [4.78, 5) is 16.3. The van der Waals surface area contributed by atoms with Crippen LogP contribution < -0.4 is 4.74 Å². The van der Waals surface area contributed by atoms with Gasteiger partial charge < -0.3 is 4.74 Å². The standard InChI is InChI=1S/C14H15NO2S/c1-9(2)17-12-4-11(5-15-6-12)14(16)13-8-18-7-10(13)3/h4-9H,1-3H3. The SMILES string of the molecule is Cc1cscc1C(=O)c1cncc(OC(C)C)c1. The Morgan fingerprint density at radius 2 is 2.11 bits per heavy atom. The van der Waals surface area contributed by atoms with Crippen LogP contribution in [0.25, 0.3) is 0 Å². The van der Waals surface area contributed by atoms with E-state index in [1.54, 1.807) is 18.5 Å². The summed E-state index contributed by atoms with van der Waals surface area (Å²) in [6.07, 6.45) is 3.27. The quantitative estimate of drug-likeness (QED) is 0.791. The van der Waals surface area contributed by atoms with E-state index in [1.807, 2.05) is 31.5 Å². The van der Waals surface area contributed by atoms with Crippen molar-refractivity contribution in [1.29, 1.82) is 0 Å². The van der Waals surface area contributed by atoms with Crippen molar-refractivity contribution in [2.45, 2.75) is 26.9 Å². The molecule has 0 N–H and O–H groups in total. The highest BCUT2D eigenvalue weighted by atomic mass is 32.1. The molecule has 94 valence electrons. The molecule has 0 atom stereocenters. The summed E-state index contributed by atoms with van der Waals surface area (Å²) < 4.78 is 5.54. The Kier molecular flexibility index (Phi) is 3.77. The van der Waals surface area contributed by atoms with Crippen LogP contribution in [0.5, 0.6) is 5.75 Å². The number of aryl methyl sites for hydroxylation is 1. The molecule has 0 spiro atoms. The van der Waals surface area contributed by atoms with Gasteiger partial charge in [-0.3, -0.25) is 9.78 Å².